The van der Waals surface area contributed by atoms with Gasteiger partial charge >= 0.3 is 0 Å². The third kappa shape index (κ3) is 4.35. The third-order valence-corrected chi connectivity index (χ3v) is 2.53. The van der Waals surface area contributed by atoms with Crippen LogP contribution < -0.4 is 5.73 Å². The highest BCUT2D eigenvalue weighted by Crippen LogP contribution is 2.06. The van der Waals surface area contributed by atoms with E-state index in [1.54, 1.807) is 6.26 Å². The third-order valence-electron chi connectivity index (χ3n) is 2.53. The molecule has 0 saturated carbocycles. The molecule has 0 amide bonds. The predicted molar refractivity (Wildman–Crippen MR) is 64.1 cm³/mol. The largest absolute Gasteiger partial charge is 0.468 e. The van der Waals surface area contributed by atoms with Crippen LogP contribution >= 0.6 is 0 Å². The van der Waals surface area contributed by atoms with Crippen molar-refractivity contribution in [3.05, 3.63) is 24.2 Å². The van der Waals surface area contributed by atoms with Gasteiger partial charge in [0, 0.05) is 19.7 Å². The Balaban J connectivity index is 2.41. The summed E-state index contributed by atoms with van der Waals surface area (Å²) >= 11 is 0. The van der Waals surface area contributed by atoms with Gasteiger partial charge in [-0.1, -0.05) is 6.92 Å². The van der Waals surface area contributed by atoms with Crippen LogP contribution in [-0.2, 0) is 11.3 Å². The van der Waals surface area contributed by atoms with E-state index in [9.17, 15) is 0 Å². The highest BCUT2D eigenvalue weighted by atomic mass is 16.5. The zero-order valence-corrected chi connectivity index (χ0v) is 10.2. The van der Waals surface area contributed by atoms with Gasteiger partial charge in [0.1, 0.15) is 5.76 Å². The van der Waals surface area contributed by atoms with Crippen molar-refractivity contribution in [1.29, 1.82) is 0 Å². The Bertz CT molecular complexity index is 262. The number of ether oxygens (including phenoxy) is 1. The van der Waals surface area contributed by atoms with E-state index in [0.717, 1.165) is 25.4 Å². The molecule has 1 atom stereocenters. The Kier molecular flexibility index (Phi) is 6.15. The molecular formula is C12H22N2O2. The summed E-state index contributed by atoms with van der Waals surface area (Å²) < 4.78 is 10.9. The zero-order chi connectivity index (χ0) is 11.8. The molecule has 1 aromatic heterocycles. The molecule has 0 bridgehead atoms. The molecule has 1 unspecified atom stereocenters. The second-order valence-electron chi connectivity index (χ2n) is 3.72. The Morgan fingerprint density at radius 1 is 1.50 bits per heavy atom. The maximum absolute atomic E-state index is 5.66. The second kappa shape index (κ2) is 7.44. The van der Waals surface area contributed by atoms with Gasteiger partial charge in [-0.2, -0.15) is 0 Å². The van der Waals surface area contributed by atoms with Crippen molar-refractivity contribution in [3.63, 3.8) is 0 Å². The van der Waals surface area contributed by atoms with Crippen molar-refractivity contribution in [2.75, 3.05) is 26.2 Å². The fourth-order valence-corrected chi connectivity index (χ4v) is 1.65. The fraction of sp³-hybridized carbons (Fsp3) is 0.667. The lowest BCUT2D eigenvalue weighted by atomic mass is 10.3. The van der Waals surface area contributed by atoms with Crippen molar-refractivity contribution in [1.82, 2.24) is 4.90 Å². The standard InChI is InChI=1S/C12H22N2O2/c1-3-14(9-11-6-5-7-16-11)10-12(8-13)15-4-2/h5-7,12H,3-4,8-10,13H2,1-2H3. The van der Waals surface area contributed by atoms with Gasteiger partial charge in [-0.05, 0) is 25.6 Å². The molecule has 0 saturated heterocycles. The van der Waals surface area contributed by atoms with E-state index >= 15 is 0 Å². The molecule has 16 heavy (non-hydrogen) atoms. The molecule has 1 rings (SSSR count). The van der Waals surface area contributed by atoms with Gasteiger partial charge in [0.05, 0.1) is 18.9 Å². The molecule has 0 aliphatic rings. The summed E-state index contributed by atoms with van der Waals surface area (Å²) in [6.07, 6.45) is 1.81. The summed E-state index contributed by atoms with van der Waals surface area (Å²) in [5, 5.41) is 0. The predicted octanol–water partition coefficient (Wildman–Crippen LogP) is 1.47. The maximum atomic E-state index is 5.66. The number of hydrogen-bond donors (Lipinski definition) is 1. The van der Waals surface area contributed by atoms with Gasteiger partial charge < -0.3 is 14.9 Å². The van der Waals surface area contributed by atoms with E-state index in [1.807, 2.05) is 19.1 Å². The monoisotopic (exact) mass is 226 g/mol. The van der Waals surface area contributed by atoms with E-state index in [-0.39, 0.29) is 6.10 Å². The first-order chi connectivity index (χ1) is 7.80. The number of likely N-dealkylation sites (N-methyl/N-ethyl adjacent to an activating group) is 1. The average molecular weight is 226 g/mol. The van der Waals surface area contributed by atoms with Gasteiger partial charge in [0.25, 0.3) is 0 Å². The highest BCUT2D eigenvalue weighted by Gasteiger charge is 2.12. The summed E-state index contributed by atoms with van der Waals surface area (Å²) in [6, 6.07) is 3.90. The number of rotatable bonds is 8. The first-order valence-corrected chi connectivity index (χ1v) is 5.86. The molecule has 1 heterocycles. The first kappa shape index (κ1) is 13.2. The van der Waals surface area contributed by atoms with Crippen LogP contribution in [-0.4, -0.2) is 37.2 Å². The van der Waals surface area contributed by atoms with Gasteiger partial charge in [-0.25, -0.2) is 0 Å². The SMILES string of the molecule is CCOC(CN)CN(CC)Cc1ccco1. The lowest BCUT2D eigenvalue weighted by Gasteiger charge is -2.24. The highest BCUT2D eigenvalue weighted by molar-refractivity contribution is 4.97. The number of furan rings is 1. The van der Waals surface area contributed by atoms with Crippen molar-refractivity contribution in [3.8, 4) is 0 Å². The normalized spacial score (nSPS) is 13.2. The van der Waals surface area contributed by atoms with Crippen molar-refractivity contribution in [2.45, 2.75) is 26.5 Å². The van der Waals surface area contributed by atoms with Crippen LogP contribution in [0.15, 0.2) is 22.8 Å². The van der Waals surface area contributed by atoms with Crippen LogP contribution in [0.2, 0.25) is 0 Å². The molecule has 4 heteroatoms. The topological polar surface area (TPSA) is 51.6 Å². The van der Waals surface area contributed by atoms with Crippen LogP contribution in [0.25, 0.3) is 0 Å². The quantitative estimate of drug-likeness (QED) is 0.729. The van der Waals surface area contributed by atoms with Crippen molar-refractivity contribution in [2.24, 2.45) is 5.73 Å². The molecule has 92 valence electrons. The van der Waals surface area contributed by atoms with E-state index in [2.05, 4.69) is 11.8 Å². The average Bonchev–Trinajstić information content (AvgIpc) is 2.80. The molecule has 0 aromatic carbocycles. The summed E-state index contributed by atoms with van der Waals surface area (Å²) in [4.78, 5) is 2.27. The minimum absolute atomic E-state index is 0.111. The van der Waals surface area contributed by atoms with Gasteiger partial charge in [-0.3, -0.25) is 4.90 Å². The van der Waals surface area contributed by atoms with Crippen molar-refractivity contribution >= 4 is 0 Å². The van der Waals surface area contributed by atoms with Crippen LogP contribution in [0.1, 0.15) is 19.6 Å². The minimum Gasteiger partial charge on any atom is -0.468 e. The minimum atomic E-state index is 0.111. The van der Waals surface area contributed by atoms with Gasteiger partial charge in [0.2, 0.25) is 0 Å². The Morgan fingerprint density at radius 2 is 2.31 bits per heavy atom. The van der Waals surface area contributed by atoms with E-state index in [0.29, 0.717) is 13.2 Å². The second-order valence-corrected chi connectivity index (χ2v) is 3.72. The molecule has 4 nitrogen and oxygen atoms in total. The number of nitrogens with zero attached hydrogens (tertiary/aromatic N) is 1. The maximum Gasteiger partial charge on any atom is 0.117 e. The summed E-state index contributed by atoms with van der Waals surface area (Å²) in [6.45, 7) is 8.01. The van der Waals surface area contributed by atoms with E-state index in [4.69, 9.17) is 14.9 Å². The van der Waals surface area contributed by atoms with Crippen LogP contribution in [0.5, 0.6) is 0 Å². The van der Waals surface area contributed by atoms with E-state index < -0.39 is 0 Å². The molecule has 0 fully saturated rings. The zero-order valence-electron chi connectivity index (χ0n) is 10.2. The number of nitrogens with two attached hydrogens (primary N) is 1. The first-order valence-electron chi connectivity index (χ1n) is 5.86. The molecule has 0 aliphatic heterocycles. The van der Waals surface area contributed by atoms with Crippen LogP contribution in [0, 0.1) is 0 Å². The molecular weight excluding hydrogens is 204 g/mol. The van der Waals surface area contributed by atoms with Crippen LogP contribution in [0.3, 0.4) is 0 Å². The van der Waals surface area contributed by atoms with Gasteiger partial charge in [-0.15, -0.1) is 0 Å². The molecule has 1 aromatic rings. The lowest BCUT2D eigenvalue weighted by molar-refractivity contribution is 0.0370. The van der Waals surface area contributed by atoms with Crippen molar-refractivity contribution < 1.29 is 9.15 Å². The molecule has 0 radical (unpaired) electrons. The summed E-state index contributed by atoms with van der Waals surface area (Å²) in [7, 11) is 0. The summed E-state index contributed by atoms with van der Waals surface area (Å²) in [5.74, 6) is 0.981. The molecule has 2 N–H and O–H groups in total. The Labute approximate surface area is 97.4 Å². The Hall–Kier alpha value is -0.840. The van der Waals surface area contributed by atoms with E-state index in [1.165, 1.54) is 0 Å². The Morgan fingerprint density at radius 3 is 2.81 bits per heavy atom. The lowest BCUT2D eigenvalue weighted by Crippen LogP contribution is -2.37. The molecule has 0 spiro atoms. The van der Waals surface area contributed by atoms with Crippen LogP contribution in [0.4, 0.5) is 0 Å². The summed E-state index contributed by atoms with van der Waals surface area (Å²) in [5.41, 5.74) is 5.66. The molecule has 0 aliphatic carbocycles. The smallest absolute Gasteiger partial charge is 0.117 e. The fourth-order valence-electron chi connectivity index (χ4n) is 1.65. The van der Waals surface area contributed by atoms with Gasteiger partial charge in [0.15, 0.2) is 0 Å². The number of hydrogen-bond acceptors (Lipinski definition) is 4.